The van der Waals surface area contributed by atoms with Crippen molar-refractivity contribution in [3.05, 3.63) is 40.5 Å². The monoisotopic (exact) mass is 315 g/mol. The molecular formula is C11H8BrF2N3O. The summed E-state index contributed by atoms with van der Waals surface area (Å²) in [6.07, 6.45) is 1.48. The molecule has 4 nitrogen and oxygen atoms in total. The second-order valence-electron chi connectivity index (χ2n) is 3.33. The summed E-state index contributed by atoms with van der Waals surface area (Å²) in [5, 5.41) is 2.68. The number of nitrogens with zero attached hydrogens (tertiary/aromatic N) is 2. The lowest BCUT2D eigenvalue weighted by Gasteiger charge is -2.07. The molecular weight excluding hydrogens is 308 g/mol. The summed E-state index contributed by atoms with van der Waals surface area (Å²) in [5.41, 5.74) is 0.219. The average molecular weight is 316 g/mol. The first-order chi connectivity index (χ1) is 8.58. The molecule has 18 heavy (non-hydrogen) atoms. The predicted molar refractivity (Wildman–Crippen MR) is 65.9 cm³/mol. The lowest BCUT2D eigenvalue weighted by atomic mass is 10.3. The minimum Gasteiger partial charge on any atom is -0.480 e. The molecule has 0 atom stereocenters. The Hall–Kier alpha value is -1.76. The Morgan fingerprint density at radius 3 is 2.50 bits per heavy atom. The van der Waals surface area contributed by atoms with Crippen molar-refractivity contribution < 1.29 is 13.5 Å². The molecule has 0 bridgehead atoms. The highest BCUT2D eigenvalue weighted by Gasteiger charge is 2.06. The fourth-order valence-electron chi connectivity index (χ4n) is 1.31. The van der Waals surface area contributed by atoms with E-state index in [1.165, 1.54) is 13.3 Å². The largest absolute Gasteiger partial charge is 0.480 e. The van der Waals surface area contributed by atoms with Crippen LogP contribution < -0.4 is 10.1 Å². The van der Waals surface area contributed by atoms with Gasteiger partial charge in [0.1, 0.15) is 11.6 Å². The van der Waals surface area contributed by atoms with Crippen molar-refractivity contribution >= 4 is 27.6 Å². The molecule has 94 valence electrons. The van der Waals surface area contributed by atoms with Crippen LogP contribution in [0.15, 0.2) is 28.9 Å². The van der Waals surface area contributed by atoms with E-state index < -0.39 is 11.6 Å². The number of methoxy groups -OCH3 is 1. The van der Waals surface area contributed by atoms with E-state index in [4.69, 9.17) is 4.74 Å². The molecule has 0 aliphatic carbocycles. The van der Waals surface area contributed by atoms with Gasteiger partial charge in [-0.1, -0.05) is 0 Å². The van der Waals surface area contributed by atoms with Crippen LogP contribution in [-0.4, -0.2) is 17.1 Å². The Bertz CT molecular complexity index is 560. The molecule has 0 unspecified atom stereocenters. The van der Waals surface area contributed by atoms with E-state index in [2.05, 4.69) is 31.2 Å². The van der Waals surface area contributed by atoms with Crippen LogP contribution in [-0.2, 0) is 0 Å². The Morgan fingerprint density at radius 2 is 1.89 bits per heavy atom. The lowest BCUT2D eigenvalue weighted by Crippen LogP contribution is -2.00. The van der Waals surface area contributed by atoms with Gasteiger partial charge in [0.15, 0.2) is 0 Å². The van der Waals surface area contributed by atoms with Gasteiger partial charge in [-0.15, -0.1) is 0 Å². The van der Waals surface area contributed by atoms with Gasteiger partial charge in [-0.05, 0) is 28.1 Å². The normalized spacial score (nSPS) is 10.2. The highest BCUT2D eigenvalue weighted by molar-refractivity contribution is 9.10. The Kier molecular flexibility index (Phi) is 3.71. The van der Waals surface area contributed by atoms with E-state index in [0.717, 1.165) is 18.2 Å². The van der Waals surface area contributed by atoms with Gasteiger partial charge in [0.2, 0.25) is 11.8 Å². The molecule has 0 aliphatic rings. The fraction of sp³-hybridized carbons (Fsp3) is 0.0909. The van der Waals surface area contributed by atoms with Crippen molar-refractivity contribution in [3.8, 4) is 5.88 Å². The maximum Gasteiger partial charge on any atom is 0.232 e. The fourth-order valence-corrected chi connectivity index (χ4v) is 1.66. The van der Waals surface area contributed by atoms with Gasteiger partial charge < -0.3 is 10.1 Å². The SMILES string of the molecule is COc1nc(Nc2cc(F)cc(F)c2)ncc1Br. The first-order valence-electron chi connectivity index (χ1n) is 4.88. The second kappa shape index (κ2) is 5.26. The summed E-state index contributed by atoms with van der Waals surface area (Å²) < 4.78 is 31.5. The molecule has 0 fully saturated rings. The van der Waals surface area contributed by atoms with Crippen LogP contribution in [0.4, 0.5) is 20.4 Å². The number of rotatable bonds is 3. The van der Waals surface area contributed by atoms with Crippen molar-refractivity contribution in [2.75, 3.05) is 12.4 Å². The zero-order valence-corrected chi connectivity index (χ0v) is 10.8. The first kappa shape index (κ1) is 12.7. The summed E-state index contributed by atoms with van der Waals surface area (Å²) in [6, 6.07) is 3.07. The topological polar surface area (TPSA) is 47.0 Å². The zero-order chi connectivity index (χ0) is 13.1. The van der Waals surface area contributed by atoms with Crippen molar-refractivity contribution in [1.29, 1.82) is 0 Å². The highest BCUT2D eigenvalue weighted by Crippen LogP contribution is 2.23. The zero-order valence-electron chi connectivity index (χ0n) is 9.25. The van der Waals surface area contributed by atoms with E-state index in [1.807, 2.05) is 0 Å². The van der Waals surface area contributed by atoms with E-state index in [-0.39, 0.29) is 11.6 Å². The van der Waals surface area contributed by atoms with Gasteiger partial charge in [-0.25, -0.2) is 13.8 Å². The number of anilines is 2. The molecule has 1 N–H and O–H groups in total. The molecule has 0 radical (unpaired) electrons. The highest BCUT2D eigenvalue weighted by atomic mass is 79.9. The van der Waals surface area contributed by atoms with Crippen molar-refractivity contribution in [1.82, 2.24) is 9.97 Å². The maximum atomic E-state index is 13.0. The lowest BCUT2D eigenvalue weighted by molar-refractivity contribution is 0.394. The van der Waals surface area contributed by atoms with Crippen LogP contribution in [0, 0.1) is 11.6 Å². The molecule has 0 amide bonds. The summed E-state index contributed by atoms with van der Waals surface area (Å²) in [6.45, 7) is 0. The number of nitrogens with one attached hydrogen (secondary N) is 1. The number of halogens is 3. The first-order valence-corrected chi connectivity index (χ1v) is 5.67. The summed E-state index contributed by atoms with van der Waals surface area (Å²) in [5.74, 6) is -0.854. The van der Waals surface area contributed by atoms with Gasteiger partial charge in [0.25, 0.3) is 0 Å². The van der Waals surface area contributed by atoms with Gasteiger partial charge in [-0.2, -0.15) is 4.98 Å². The smallest absolute Gasteiger partial charge is 0.232 e. The number of ether oxygens (including phenoxy) is 1. The van der Waals surface area contributed by atoms with Crippen LogP contribution in [0.3, 0.4) is 0 Å². The van der Waals surface area contributed by atoms with Gasteiger partial charge in [0, 0.05) is 11.8 Å². The van der Waals surface area contributed by atoms with Crippen LogP contribution in [0.25, 0.3) is 0 Å². The third kappa shape index (κ3) is 2.92. The molecule has 2 rings (SSSR count). The quantitative estimate of drug-likeness (QED) is 0.944. The number of hydrogen-bond donors (Lipinski definition) is 1. The van der Waals surface area contributed by atoms with Crippen LogP contribution >= 0.6 is 15.9 Å². The molecule has 0 saturated heterocycles. The molecule has 1 aromatic carbocycles. The Balaban J connectivity index is 2.28. The van der Waals surface area contributed by atoms with Crippen molar-refractivity contribution in [2.45, 2.75) is 0 Å². The second-order valence-corrected chi connectivity index (χ2v) is 4.19. The van der Waals surface area contributed by atoms with Crippen molar-refractivity contribution in [3.63, 3.8) is 0 Å². The third-order valence-electron chi connectivity index (χ3n) is 2.02. The summed E-state index contributed by atoms with van der Waals surface area (Å²) >= 11 is 3.20. The molecule has 2 aromatic rings. The standard InChI is InChI=1S/C11H8BrF2N3O/c1-18-10-9(12)5-15-11(17-10)16-8-3-6(13)2-7(14)4-8/h2-5H,1H3,(H,15,16,17). The number of benzene rings is 1. The van der Waals surface area contributed by atoms with Crippen LogP contribution in [0.2, 0.25) is 0 Å². The molecule has 7 heteroatoms. The number of hydrogen-bond acceptors (Lipinski definition) is 4. The predicted octanol–water partition coefficient (Wildman–Crippen LogP) is 3.27. The van der Waals surface area contributed by atoms with E-state index in [9.17, 15) is 8.78 Å². The minimum absolute atomic E-state index is 0.181. The number of aromatic nitrogens is 2. The van der Waals surface area contributed by atoms with E-state index >= 15 is 0 Å². The minimum atomic E-state index is -0.679. The van der Waals surface area contributed by atoms with Crippen LogP contribution in [0.1, 0.15) is 0 Å². The summed E-state index contributed by atoms with van der Waals surface area (Å²) in [7, 11) is 1.46. The molecule has 0 saturated carbocycles. The van der Waals surface area contributed by atoms with Gasteiger partial charge >= 0.3 is 0 Å². The van der Waals surface area contributed by atoms with Gasteiger partial charge in [0.05, 0.1) is 17.8 Å². The van der Waals surface area contributed by atoms with E-state index in [0.29, 0.717) is 10.4 Å². The molecule has 0 aliphatic heterocycles. The molecule has 1 aromatic heterocycles. The Labute approximate surface area is 110 Å². The van der Waals surface area contributed by atoms with Crippen molar-refractivity contribution in [2.24, 2.45) is 0 Å². The Morgan fingerprint density at radius 1 is 1.22 bits per heavy atom. The molecule has 1 heterocycles. The summed E-state index contributed by atoms with van der Waals surface area (Å²) in [4.78, 5) is 7.96. The molecule has 0 spiro atoms. The maximum absolute atomic E-state index is 13.0. The average Bonchev–Trinajstić information content (AvgIpc) is 2.30. The van der Waals surface area contributed by atoms with Gasteiger partial charge in [-0.3, -0.25) is 0 Å². The van der Waals surface area contributed by atoms with Crippen LogP contribution in [0.5, 0.6) is 5.88 Å². The van der Waals surface area contributed by atoms with E-state index in [1.54, 1.807) is 0 Å². The third-order valence-corrected chi connectivity index (χ3v) is 2.57.